The van der Waals surface area contributed by atoms with Crippen molar-refractivity contribution in [3.05, 3.63) is 34.9 Å². The predicted octanol–water partition coefficient (Wildman–Crippen LogP) is 1.56. The standard InChI is InChI=1S/C14H18ClNO2/c1-11(10-16-8-2-3-9-16)18-14(17)12-4-6-13(15)7-5-12/h4-7,11H,2-3,8-10H2,1H3/p+1/t11-/m1/s1. The van der Waals surface area contributed by atoms with Gasteiger partial charge in [-0.05, 0) is 31.2 Å². The SMILES string of the molecule is C[C@H](C[NH+]1CCCC1)OC(=O)c1ccc(Cl)cc1. The number of likely N-dealkylation sites (tertiary alicyclic amines) is 1. The number of carbonyl (C=O) groups excluding carboxylic acids is 1. The van der Waals surface area contributed by atoms with Crippen LogP contribution in [0.1, 0.15) is 30.1 Å². The Bertz CT molecular complexity index is 399. The second-order valence-electron chi connectivity index (χ2n) is 4.88. The summed E-state index contributed by atoms with van der Waals surface area (Å²) < 4.78 is 5.44. The van der Waals surface area contributed by atoms with Gasteiger partial charge in [-0.1, -0.05) is 11.6 Å². The van der Waals surface area contributed by atoms with E-state index in [9.17, 15) is 4.79 Å². The third kappa shape index (κ3) is 3.72. The molecule has 1 atom stereocenters. The van der Waals surface area contributed by atoms with Gasteiger partial charge in [0.2, 0.25) is 0 Å². The fourth-order valence-electron chi connectivity index (χ4n) is 2.36. The van der Waals surface area contributed by atoms with Crippen LogP contribution in [0.15, 0.2) is 24.3 Å². The van der Waals surface area contributed by atoms with E-state index in [-0.39, 0.29) is 12.1 Å². The zero-order valence-corrected chi connectivity index (χ0v) is 11.4. The lowest BCUT2D eigenvalue weighted by molar-refractivity contribution is -0.890. The molecule has 1 saturated heterocycles. The molecule has 0 amide bonds. The molecule has 0 bridgehead atoms. The number of esters is 1. The topological polar surface area (TPSA) is 30.7 Å². The van der Waals surface area contributed by atoms with Crippen LogP contribution in [0.3, 0.4) is 0 Å². The van der Waals surface area contributed by atoms with Gasteiger partial charge in [-0.15, -0.1) is 0 Å². The van der Waals surface area contributed by atoms with Crippen LogP contribution in [0, 0.1) is 0 Å². The summed E-state index contributed by atoms with van der Waals surface area (Å²) in [5, 5.41) is 0.626. The maximum Gasteiger partial charge on any atom is 0.338 e. The number of ether oxygens (including phenoxy) is 1. The van der Waals surface area contributed by atoms with Crippen molar-refractivity contribution in [2.75, 3.05) is 19.6 Å². The lowest BCUT2D eigenvalue weighted by Gasteiger charge is -2.18. The van der Waals surface area contributed by atoms with Gasteiger partial charge >= 0.3 is 5.97 Å². The summed E-state index contributed by atoms with van der Waals surface area (Å²) in [6.07, 6.45) is 2.53. The van der Waals surface area contributed by atoms with Crippen LogP contribution in [0.4, 0.5) is 0 Å². The Morgan fingerprint density at radius 3 is 2.56 bits per heavy atom. The molecule has 18 heavy (non-hydrogen) atoms. The highest BCUT2D eigenvalue weighted by atomic mass is 35.5. The van der Waals surface area contributed by atoms with Crippen LogP contribution < -0.4 is 4.90 Å². The quantitative estimate of drug-likeness (QED) is 0.841. The smallest absolute Gasteiger partial charge is 0.338 e. The van der Waals surface area contributed by atoms with Gasteiger partial charge in [-0.25, -0.2) is 4.79 Å². The average Bonchev–Trinajstić information content (AvgIpc) is 2.82. The summed E-state index contributed by atoms with van der Waals surface area (Å²) in [5.41, 5.74) is 0.558. The van der Waals surface area contributed by atoms with E-state index in [0.29, 0.717) is 10.6 Å². The molecular formula is C14H19ClNO2+. The van der Waals surface area contributed by atoms with Crippen molar-refractivity contribution in [3.63, 3.8) is 0 Å². The molecule has 4 heteroatoms. The molecule has 1 aromatic rings. The number of quaternary nitrogens is 1. The maximum atomic E-state index is 11.9. The van der Waals surface area contributed by atoms with Gasteiger partial charge < -0.3 is 9.64 Å². The second-order valence-corrected chi connectivity index (χ2v) is 5.32. The van der Waals surface area contributed by atoms with E-state index in [1.54, 1.807) is 24.3 Å². The first-order valence-corrected chi connectivity index (χ1v) is 6.83. The number of halogens is 1. The number of carbonyl (C=O) groups is 1. The van der Waals surface area contributed by atoms with Crippen molar-refractivity contribution in [3.8, 4) is 0 Å². The van der Waals surface area contributed by atoms with Crippen LogP contribution in [0.5, 0.6) is 0 Å². The molecule has 0 saturated carbocycles. The maximum absolute atomic E-state index is 11.9. The zero-order chi connectivity index (χ0) is 13.0. The van der Waals surface area contributed by atoms with E-state index in [4.69, 9.17) is 16.3 Å². The van der Waals surface area contributed by atoms with E-state index in [1.165, 1.54) is 30.8 Å². The van der Waals surface area contributed by atoms with Gasteiger partial charge in [0.15, 0.2) is 0 Å². The van der Waals surface area contributed by atoms with E-state index >= 15 is 0 Å². The Labute approximate surface area is 113 Å². The molecule has 1 aromatic carbocycles. The predicted molar refractivity (Wildman–Crippen MR) is 71.1 cm³/mol. The fourth-order valence-corrected chi connectivity index (χ4v) is 2.49. The lowest BCUT2D eigenvalue weighted by Crippen LogP contribution is -3.11. The minimum absolute atomic E-state index is 0.0405. The van der Waals surface area contributed by atoms with Crippen molar-refractivity contribution in [2.24, 2.45) is 0 Å². The lowest BCUT2D eigenvalue weighted by atomic mass is 10.2. The van der Waals surface area contributed by atoms with Crippen LogP contribution in [0.2, 0.25) is 5.02 Å². The molecule has 0 unspecified atom stereocenters. The van der Waals surface area contributed by atoms with E-state index < -0.39 is 0 Å². The summed E-state index contributed by atoms with van der Waals surface area (Å²) in [5.74, 6) is -0.266. The number of rotatable bonds is 4. The Balaban J connectivity index is 1.84. The fraction of sp³-hybridized carbons (Fsp3) is 0.500. The van der Waals surface area contributed by atoms with Gasteiger partial charge in [0, 0.05) is 17.9 Å². The summed E-state index contributed by atoms with van der Waals surface area (Å²) in [6, 6.07) is 6.79. The van der Waals surface area contributed by atoms with Crippen molar-refractivity contribution in [2.45, 2.75) is 25.9 Å². The molecule has 2 rings (SSSR count). The molecule has 1 aliphatic rings. The molecular weight excluding hydrogens is 250 g/mol. The normalized spacial score (nSPS) is 17.7. The van der Waals surface area contributed by atoms with Crippen molar-refractivity contribution in [1.82, 2.24) is 0 Å². The highest BCUT2D eigenvalue weighted by Crippen LogP contribution is 2.11. The minimum atomic E-state index is -0.266. The summed E-state index contributed by atoms with van der Waals surface area (Å²) in [4.78, 5) is 13.4. The Hall–Kier alpha value is -1.06. The van der Waals surface area contributed by atoms with Gasteiger partial charge in [-0.3, -0.25) is 0 Å². The van der Waals surface area contributed by atoms with E-state index in [2.05, 4.69) is 0 Å². The largest absolute Gasteiger partial charge is 0.453 e. The first kappa shape index (κ1) is 13.4. The zero-order valence-electron chi connectivity index (χ0n) is 10.6. The molecule has 98 valence electrons. The van der Waals surface area contributed by atoms with Gasteiger partial charge in [0.1, 0.15) is 12.6 Å². The minimum Gasteiger partial charge on any atom is -0.453 e. The number of benzene rings is 1. The highest BCUT2D eigenvalue weighted by Gasteiger charge is 2.20. The Morgan fingerprint density at radius 1 is 1.33 bits per heavy atom. The molecule has 1 N–H and O–H groups in total. The van der Waals surface area contributed by atoms with Crippen molar-refractivity contribution in [1.29, 1.82) is 0 Å². The van der Waals surface area contributed by atoms with E-state index in [1.807, 2.05) is 6.92 Å². The summed E-state index contributed by atoms with van der Waals surface area (Å²) in [7, 11) is 0. The first-order valence-electron chi connectivity index (χ1n) is 6.45. The van der Waals surface area contributed by atoms with Crippen LogP contribution in [-0.2, 0) is 4.74 Å². The molecule has 0 radical (unpaired) electrons. The van der Waals surface area contributed by atoms with Crippen molar-refractivity contribution < 1.29 is 14.4 Å². The second kappa shape index (κ2) is 6.21. The van der Waals surface area contributed by atoms with Gasteiger partial charge in [0.05, 0.1) is 18.7 Å². The molecule has 0 spiro atoms. The molecule has 0 aromatic heterocycles. The molecule has 1 heterocycles. The Morgan fingerprint density at radius 2 is 1.94 bits per heavy atom. The number of hydrogen-bond acceptors (Lipinski definition) is 2. The number of hydrogen-bond donors (Lipinski definition) is 1. The van der Waals surface area contributed by atoms with Crippen LogP contribution in [0.25, 0.3) is 0 Å². The highest BCUT2D eigenvalue weighted by molar-refractivity contribution is 6.30. The molecule has 1 fully saturated rings. The Kier molecular flexibility index (Phi) is 4.61. The number of nitrogens with one attached hydrogen (secondary N) is 1. The molecule has 3 nitrogen and oxygen atoms in total. The average molecular weight is 269 g/mol. The first-order chi connectivity index (χ1) is 8.65. The van der Waals surface area contributed by atoms with Gasteiger partial charge in [0.25, 0.3) is 0 Å². The molecule has 0 aliphatic carbocycles. The van der Waals surface area contributed by atoms with Crippen molar-refractivity contribution >= 4 is 17.6 Å². The van der Waals surface area contributed by atoms with Crippen LogP contribution in [-0.4, -0.2) is 31.7 Å². The third-order valence-electron chi connectivity index (χ3n) is 3.27. The third-order valence-corrected chi connectivity index (χ3v) is 3.53. The monoisotopic (exact) mass is 268 g/mol. The summed E-state index contributed by atoms with van der Waals surface area (Å²) >= 11 is 5.78. The van der Waals surface area contributed by atoms with Gasteiger partial charge in [-0.2, -0.15) is 0 Å². The molecule has 1 aliphatic heterocycles. The van der Waals surface area contributed by atoms with Crippen LogP contribution >= 0.6 is 11.6 Å². The summed E-state index contributed by atoms with van der Waals surface area (Å²) in [6.45, 7) is 5.25. The van der Waals surface area contributed by atoms with E-state index in [0.717, 1.165) is 6.54 Å².